The van der Waals surface area contributed by atoms with Crippen LogP contribution in [0.3, 0.4) is 0 Å². The molecular weight excluding hydrogens is 320 g/mol. The van der Waals surface area contributed by atoms with Crippen molar-refractivity contribution < 1.29 is 8.42 Å². The van der Waals surface area contributed by atoms with E-state index in [-0.39, 0.29) is 17.0 Å². The Morgan fingerprint density at radius 3 is 2.57 bits per heavy atom. The van der Waals surface area contributed by atoms with Crippen LogP contribution in [0.15, 0.2) is 20.7 Å². The van der Waals surface area contributed by atoms with Gasteiger partial charge >= 0.3 is 5.69 Å². The highest BCUT2D eigenvalue weighted by Gasteiger charge is 2.41. The van der Waals surface area contributed by atoms with Gasteiger partial charge in [-0.3, -0.25) is 14.3 Å². The van der Waals surface area contributed by atoms with Crippen molar-refractivity contribution in [1.29, 1.82) is 0 Å². The zero-order chi connectivity index (χ0) is 16.9. The van der Waals surface area contributed by atoms with Gasteiger partial charge in [-0.2, -0.15) is 4.31 Å². The van der Waals surface area contributed by atoms with Gasteiger partial charge in [0.1, 0.15) is 0 Å². The summed E-state index contributed by atoms with van der Waals surface area (Å²) < 4.78 is 29.4. The van der Waals surface area contributed by atoms with E-state index in [1.165, 1.54) is 18.4 Å². The minimum Gasteiger partial charge on any atom is -0.302 e. The summed E-state index contributed by atoms with van der Waals surface area (Å²) in [6.45, 7) is 3.94. The zero-order valence-electron chi connectivity index (χ0n) is 13.6. The normalized spacial score (nSPS) is 26.4. The fraction of sp³-hybridized carbons (Fsp3) is 0.714. The molecule has 2 unspecified atom stereocenters. The largest absolute Gasteiger partial charge is 0.330 e. The topological polar surface area (TPSA) is 84.6 Å². The Bertz CT molecular complexity index is 841. The summed E-state index contributed by atoms with van der Waals surface area (Å²) >= 11 is 0. The molecule has 0 amide bonds. The molecule has 9 heteroatoms. The standard InChI is InChI=1S/C14H22N4O4S/c1-10-7-17-6-4-5-11(17)8-18(10)23(21,22)12-9-15(2)14(20)16(3)13(12)19/h9-11H,4-8H2,1-3H3. The second kappa shape index (κ2) is 5.57. The van der Waals surface area contributed by atoms with Gasteiger partial charge in [0.2, 0.25) is 10.0 Å². The lowest BCUT2D eigenvalue weighted by Crippen LogP contribution is -2.57. The van der Waals surface area contributed by atoms with Crippen molar-refractivity contribution in [1.82, 2.24) is 18.3 Å². The number of fused-ring (bicyclic) bond motifs is 1. The van der Waals surface area contributed by atoms with Crippen LogP contribution >= 0.6 is 0 Å². The van der Waals surface area contributed by atoms with Crippen molar-refractivity contribution in [3.8, 4) is 0 Å². The summed E-state index contributed by atoms with van der Waals surface area (Å²) in [5, 5.41) is 0. The molecule has 2 aliphatic rings. The SMILES string of the molecule is CC1CN2CCCC2CN1S(=O)(=O)c1cn(C)c(=O)n(C)c1=O. The van der Waals surface area contributed by atoms with Crippen LogP contribution in [0.5, 0.6) is 0 Å². The number of sulfonamides is 1. The summed E-state index contributed by atoms with van der Waals surface area (Å²) in [5.74, 6) is 0. The number of nitrogens with zero attached hydrogens (tertiary/aromatic N) is 4. The number of rotatable bonds is 2. The third-order valence-electron chi connectivity index (χ3n) is 4.88. The molecule has 0 aliphatic carbocycles. The average molecular weight is 342 g/mol. The maximum atomic E-state index is 13.0. The number of hydrogen-bond donors (Lipinski definition) is 0. The Balaban J connectivity index is 2.05. The number of piperazine rings is 1. The van der Waals surface area contributed by atoms with Gasteiger partial charge in [0.15, 0.2) is 4.90 Å². The molecule has 128 valence electrons. The molecule has 1 aromatic heterocycles. The van der Waals surface area contributed by atoms with E-state index in [2.05, 4.69) is 4.90 Å². The van der Waals surface area contributed by atoms with Crippen LogP contribution in [0.4, 0.5) is 0 Å². The smallest absolute Gasteiger partial charge is 0.302 e. The van der Waals surface area contributed by atoms with Crippen molar-refractivity contribution in [2.75, 3.05) is 19.6 Å². The van der Waals surface area contributed by atoms with E-state index >= 15 is 0 Å². The van der Waals surface area contributed by atoms with E-state index in [1.54, 1.807) is 0 Å². The first-order valence-corrected chi connectivity index (χ1v) is 9.20. The van der Waals surface area contributed by atoms with Crippen LogP contribution in [-0.4, -0.2) is 58.5 Å². The lowest BCUT2D eigenvalue weighted by atomic mass is 10.1. The second-order valence-electron chi connectivity index (χ2n) is 6.47. The first-order valence-electron chi connectivity index (χ1n) is 7.76. The van der Waals surface area contributed by atoms with Gasteiger partial charge < -0.3 is 4.57 Å². The minimum atomic E-state index is -3.93. The average Bonchev–Trinajstić information content (AvgIpc) is 2.94. The zero-order valence-corrected chi connectivity index (χ0v) is 14.4. The van der Waals surface area contributed by atoms with E-state index < -0.39 is 21.3 Å². The van der Waals surface area contributed by atoms with Crippen LogP contribution in [0.2, 0.25) is 0 Å². The van der Waals surface area contributed by atoms with Gasteiger partial charge in [0, 0.05) is 45.5 Å². The quantitative estimate of drug-likeness (QED) is 0.684. The van der Waals surface area contributed by atoms with Gasteiger partial charge in [-0.25, -0.2) is 13.2 Å². The molecule has 2 fully saturated rings. The molecule has 3 heterocycles. The minimum absolute atomic E-state index is 0.198. The first-order chi connectivity index (χ1) is 10.7. The predicted molar refractivity (Wildman–Crippen MR) is 84.9 cm³/mol. The van der Waals surface area contributed by atoms with E-state index in [4.69, 9.17) is 0 Å². The van der Waals surface area contributed by atoms with E-state index in [1.807, 2.05) is 6.92 Å². The first kappa shape index (κ1) is 16.4. The molecule has 0 radical (unpaired) electrons. The number of aryl methyl sites for hydroxylation is 1. The summed E-state index contributed by atoms with van der Waals surface area (Å²) in [5.41, 5.74) is -1.31. The Morgan fingerprint density at radius 2 is 1.87 bits per heavy atom. The Hall–Kier alpha value is -1.45. The summed E-state index contributed by atoms with van der Waals surface area (Å²) in [6, 6.07) is 0.0219. The fourth-order valence-electron chi connectivity index (χ4n) is 3.57. The van der Waals surface area contributed by atoms with E-state index in [0.29, 0.717) is 13.1 Å². The van der Waals surface area contributed by atoms with Crippen molar-refractivity contribution in [2.45, 2.75) is 36.7 Å². The highest BCUT2D eigenvalue weighted by molar-refractivity contribution is 7.89. The van der Waals surface area contributed by atoms with E-state index in [0.717, 1.165) is 34.7 Å². The molecular formula is C14H22N4O4S. The van der Waals surface area contributed by atoms with Crippen LogP contribution < -0.4 is 11.2 Å². The molecule has 0 spiro atoms. The molecule has 23 heavy (non-hydrogen) atoms. The summed E-state index contributed by atoms with van der Waals surface area (Å²) in [4.78, 5) is 26.1. The van der Waals surface area contributed by atoms with Gasteiger partial charge in [-0.05, 0) is 26.3 Å². The van der Waals surface area contributed by atoms with Gasteiger partial charge in [-0.1, -0.05) is 0 Å². The maximum Gasteiger partial charge on any atom is 0.330 e. The van der Waals surface area contributed by atoms with Crippen molar-refractivity contribution in [3.63, 3.8) is 0 Å². The summed E-state index contributed by atoms with van der Waals surface area (Å²) in [7, 11) is -1.19. The van der Waals surface area contributed by atoms with Crippen molar-refractivity contribution >= 4 is 10.0 Å². The Labute approximate surface area is 135 Å². The monoisotopic (exact) mass is 342 g/mol. The molecule has 1 aromatic rings. The van der Waals surface area contributed by atoms with Crippen LogP contribution in [0.25, 0.3) is 0 Å². The molecule has 3 rings (SSSR count). The second-order valence-corrected chi connectivity index (χ2v) is 8.32. The maximum absolute atomic E-state index is 13.0. The Morgan fingerprint density at radius 1 is 1.17 bits per heavy atom. The van der Waals surface area contributed by atoms with Gasteiger partial charge in [0.05, 0.1) is 0 Å². The van der Waals surface area contributed by atoms with Crippen molar-refractivity contribution in [2.24, 2.45) is 14.1 Å². The third-order valence-corrected chi connectivity index (χ3v) is 6.84. The summed E-state index contributed by atoms with van der Waals surface area (Å²) in [6.07, 6.45) is 3.19. The highest BCUT2D eigenvalue weighted by Crippen LogP contribution is 2.27. The molecule has 2 aliphatic heterocycles. The lowest BCUT2D eigenvalue weighted by Gasteiger charge is -2.41. The molecule has 0 saturated carbocycles. The van der Waals surface area contributed by atoms with Gasteiger partial charge in [-0.15, -0.1) is 0 Å². The predicted octanol–water partition coefficient (Wildman–Crippen LogP) is -1.06. The number of hydrogen-bond acceptors (Lipinski definition) is 5. The third kappa shape index (κ3) is 2.56. The molecule has 2 atom stereocenters. The van der Waals surface area contributed by atoms with Crippen LogP contribution in [0, 0.1) is 0 Å². The van der Waals surface area contributed by atoms with Crippen molar-refractivity contribution in [3.05, 3.63) is 27.0 Å². The van der Waals surface area contributed by atoms with Gasteiger partial charge in [0.25, 0.3) is 5.56 Å². The van der Waals surface area contributed by atoms with Crippen LogP contribution in [-0.2, 0) is 24.1 Å². The highest BCUT2D eigenvalue weighted by atomic mass is 32.2. The molecule has 2 saturated heterocycles. The molecule has 0 bridgehead atoms. The molecule has 0 N–H and O–H groups in total. The molecule has 0 aromatic carbocycles. The Kier molecular flexibility index (Phi) is 3.97. The fourth-order valence-corrected chi connectivity index (χ4v) is 5.38. The number of aromatic nitrogens is 2. The van der Waals surface area contributed by atoms with E-state index in [9.17, 15) is 18.0 Å². The van der Waals surface area contributed by atoms with Crippen LogP contribution in [0.1, 0.15) is 19.8 Å². The lowest BCUT2D eigenvalue weighted by molar-refractivity contribution is 0.117. The molecule has 8 nitrogen and oxygen atoms in total.